The van der Waals surface area contributed by atoms with E-state index in [2.05, 4.69) is 31.1 Å². The van der Waals surface area contributed by atoms with Crippen molar-refractivity contribution in [3.05, 3.63) is 54.1 Å². The Morgan fingerprint density at radius 3 is 2.56 bits per heavy atom. The molecule has 0 aliphatic heterocycles. The zero-order valence-corrected chi connectivity index (χ0v) is 19.1. The molecule has 1 aliphatic rings. The number of halogens is 1. The molecule has 0 unspecified atom stereocenters. The molecular formula is C24H27FN6O3. The van der Waals surface area contributed by atoms with Crippen molar-refractivity contribution in [2.75, 3.05) is 24.8 Å². The molecule has 1 saturated carbocycles. The summed E-state index contributed by atoms with van der Waals surface area (Å²) >= 11 is 0. The molecule has 10 heteroatoms. The van der Waals surface area contributed by atoms with E-state index in [1.54, 1.807) is 13.2 Å². The number of aromatic nitrogens is 3. The summed E-state index contributed by atoms with van der Waals surface area (Å²) in [7, 11) is 3.09. The summed E-state index contributed by atoms with van der Waals surface area (Å²) in [6, 6.07) is 9.94. The largest absolute Gasteiger partial charge is 0.491 e. The number of benzene rings is 1. The number of pyridine rings is 1. The number of nitrogens with zero attached hydrogens (tertiary/aromatic N) is 3. The summed E-state index contributed by atoms with van der Waals surface area (Å²) in [5.74, 6) is 1.02. The Morgan fingerprint density at radius 1 is 1.03 bits per heavy atom. The highest BCUT2D eigenvalue weighted by Gasteiger charge is 2.20. The fraction of sp³-hybridized carbons (Fsp3) is 0.333. The second-order valence-corrected chi connectivity index (χ2v) is 7.90. The minimum atomic E-state index is -0.448. The van der Waals surface area contributed by atoms with Gasteiger partial charge in [0.2, 0.25) is 0 Å². The molecule has 0 saturated heterocycles. The standard InChI is InChI=1S/C24H27FN6O3/c1-26-24(32)22-18(13-21(30-31-22)29-20-12-11-15(25)14-27-20)28-17-9-6-10-19(23(17)33-2)34-16-7-4-3-5-8-16/h6,9-14,16H,3-5,7-8H2,1-2H3,(H,26,32)(H2,27,28,29,30). The third kappa shape index (κ3) is 5.51. The molecule has 0 spiro atoms. The van der Waals surface area contributed by atoms with Gasteiger partial charge in [-0.3, -0.25) is 4.79 Å². The van der Waals surface area contributed by atoms with E-state index in [-0.39, 0.29) is 11.8 Å². The van der Waals surface area contributed by atoms with Crippen molar-refractivity contribution in [2.45, 2.75) is 38.2 Å². The molecule has 4 rings (SSSR count). The second-order valence-electron chi connectivity index (χ2n) is 7.90. The summed E-state index contributed by atoms with van der Waals surface area (Å²) in [4.78, 5) is 16.4. The van der Waals surface area contributed by atoms with Gasteiger partial charge in [0, 0.05) is 13.1 Å². The fourth-order valence-corrected chi connectivity index (χ4v) is 3.84. The first kappa shape index (κ1) is 23.2. The lowest BCUT2D eigenvalue weighted by Crippen LogP contribution is -2.22. The Kier molecular flexibility index (Phi) is 7.36. The average molecular weight is 467 g/mol. The molecule has 1 amide bonds. The van der Waals surface area contributed by atoms with Gasteiger partial charge >= 0.3 is 0 Å². The molecule has 3 N–H and O–H groups in total. The molecule has 0 bridgehead atoms. The Hall–Kier alpha value is -3.95. The number of nitrogens with one attached hydrogen (secondary N) is 3. The minimum Gasteiger partial charge on any atom is -0.491 e. The molecule has 1 aliphatic carbocycles. The zero-order chi connectivity index (χ0) is 23.9. The first-order valence-electron chi connectivity index (χ1n) is 11.2. The highest BCUT2D eigenvalue weighted by Crippen LogP contribution is 2.39. The van der Waals surface area contributed by atoms with E-state index in [1.807, 2.05) is 18.2 Å². The molecule has 3 aromatic rings. The van der Waals surface area contributed by atoms with E-state index in [1.165, 1.54) is 25.6 Å². The van der Waals surface area contributed by atoms with Gasteiger partial charge in [-0.2, -0.15) is 0 Å². The van der Waals surface area contributed by atoms with Crippen molar-refractivity contribution in [3.8, 4) is 11.5 Å². The molecule has 178 valence electrons. The molecule has 1 aromatic carbocycles. The van der Waals surface area contributed by atoms with Gasteiger partial charge < -0.3 is 25.4 Å². The number of methoxy groups -OCH3 is 1. The smallest absolute Gasteiger partial charge is 0.273 e. The molecule has 9 nitrogen and oxygen atoms in total. The number of carbonyl (C=O) groups is 1. The quantitative estimate of drug-likeness (QED) is 0.443. The number of anilines is 4. The first-order valence-corrected chi connectivity index (χ1v) is 11.2. The average Bonchev–Trinajstić information content (AvgIpc) is 2.86. The van der Waals surface area contributed by atoms with Crippen LogP contribution in [0.1, 0.15) is 42.6 Å². The highest BCUT2D eigenvalue weighted by molar-refractivity contribution is 5.98. The van der Waals surface area contributed by atoms with E-state index < -0.39 is 11.7 Å². The molecule has 0 radical (unpaired) electrons. The van der Waals surface area contributed by atoms with Crippen LogP contribution in [0.5, 0.6) is 11.5 Å². The lowest BCUT2D eigenvalue weighted by molar-refractivity contribution is 0.0958. The summed E-state index contributed by atoms with van der Waals surface area (Å²) in [6.07, 6.45) is 6.82. The maximum absolute atomic E-state index is 13.2. The number of rotatable bonds is 8. The van der Waals surface area contributed by atoms with Crippen LogP contribution in [-0.2, 0) is 0 Å². The van der Waals surface area contributed by atoms with E-state index in [4.69, 9.17) is 9.47 Å². The van der Waals surface area contributed by atoms with Gasteiger partial charge in [-0.25, -0.2) is 9.37 Å². The topological polar surface area (TPSA) is 110 Å². The highest BCUT2D eigenvalue weighted by atomic mass is 19.1. The number of para-hydroxylation sites is 1. The van der Waals surface area contributed by atoms with Crippen molar-refractivity contribution in [3.63, 3.8) is 0 Å². The van der Waals surface area contributed by atoms with Crippen LogP contribution in [0.4, 0.5) is 27.4 Å². The van der Waals surface area contributed by atoms with Crippen molar-refractivity contribution in [1.82, 2.24) is 20.5 Å². The van der Waals surface area contributed by atoms with Crippen molar-refractivity contribution < 1.29 is 18.7 Å². The lowest BCUT2D eigenvalue weighted by Gasteiger charge is -2.25. The number of ether oxygens (including phenoxy) is 2. The third-order valence-electron chi connectivity index (χ3n) is 5.52. The van der Waals surface area contributed by atoms with Crippen LogP contribution in [0, 0.1) is 5.82 Å². The minimum absolute atomic E-state index is 0.0979. The van der Waals surface area contributed by atoms with E-state index in [0.717, 1.165) is 31.9 Å². The van der Waals surface area contributed by atoms with Gasteiger partial charge in [0.05, 0.1) is 30.8 Å². The molecule has 2 heterocycles. The Morgan fingerprint density at radius 2 is 1.85 bits per heavy atom. The van der Waals surface area contributed by atoms with Crippen LogP contribution in [0.25, 0.3) is 0 Å². The number of hydrogen-bond donors (Lipinski definition) is 3. The maximum atomic E-state index is 13.2. The molecular weight excluding hydrogens is 439 g/mol. The van der Waals surface area contributed by atoms with Gasteiger partial charge in [0.15, 0.2) is 23.0 Å². The number of carbonyl (C=O) groups excluding carboxylic acids is 1. The van der Waals surface area contributed by atoms with Gasteiger partial charge in [0.1, 0.15) is 11.6 Å². The molecule has 1 fully saturated rings. The predicted octanol–water partition coefficient (Wildman–Crippen LogP) is 4.58. The number of amides is 1. The third-order valence-corrected chi connectivity index (χ3v) is 5.52. The van der Waals surface area contributed by atoms with Crippen LogP contribution in [0.2, 0.25) is 0 Å². The fourth-order valence-electron chi connectivity index (χ4n) is 3.84. The molecule has 34 heavy (non-hydrogen) atoms. The Bertz CT molecular complexity index is 1140. The van der Waals surface area contributed by atoms with Crippen LogP contribution in [-0.4, -0.2) is 41.3 Å². The second kappa shape index (κ2) is 10.8. The van der Waals surface area contributed by atoms with E-state index in [9.17, 15) is 9.18 Å². The van der Waals surface area contributed by atoms with Gasteiger partial charge in [-0.1, -0.05) is 12.5 Å². The van der Waals surface area contributed by atoms with Crippen molar-refractivity contribution >= 4 is 28.9 Å². The van der Waals surface area contributed by atoms with Gasteiger partial charge in [-0.15, -0.1) is 10.2 Å². The zero-order valence-electron chi connectivity index (χ0n) is 19.1. The predicted molar refractivity (Wildman–Crippen MR) is 127 cm³/mol. The van der Waals surface area contributed by atoms with Crippen molar-refractivity contribution in [2.24, 2.45) is 0 Å². The number of hydrogen-bond acceptors (Lipinski definition) is 8. The lowest BCUT2D eigenvalue weighted by atomic mass is 9.98. The Balaban J connectivity index is 1.63. The summed E-state index contributed by atoms with van der Waals surface area (Å²) in [5, 5.41) is 16.9. The summed E-state index contributed by atoms with van der Waals surface area (Å²) in [5.41, 5.74) is 1.10. The van der Waals surface area contributed by atoms with Crippen LogP contribution >= 0.6 is 0 Å². The molecule has 0 atom stereocenters. The molecule has 2 aromatic heterocycles. The normalized spacial score (nSPS) is 13.7. The maximum Gasteiger partial charge on any atom is 0.273 e. The van der Waals surface area contributed by atoms with Gasteiger partial charge in [-0.05, 0) is 49.9 Å². The van der Waals surface area contributed by atoms with E-state index in [0.29, 0.717) is 34.5 Å². The van der Waals surface area contributed by atoms with Crippen molar-refractivity contribution in [1.29, 1.82) is 0 Å². The van der Waals surface area contributed by atoms with Gasteiger partial charge in [0.25, 0.3) is 5.91 Å². The first-order chi connectivity index (χ1) is 16.6. The summed E-state index contributed by atoms with van der Waals surface area (Å²) < 4.78 is 25.1. The summed E-state index contributed by atoms with van der Waals surface area (Å²) in [6.45, 7) is 0. The monoisotopic (exact) mass is 466 g/mol. The van der Waals surface area contributed by atoms with Crippen LogP contribution in [0.3, 0.4) is 0 Å². The Labute approximate surface area is 197 Å². The SMILES string of the molecule is CNC(=O)c1nnc(Nc2ccc(F)cn2)cc1Nc1cccc(OC2CCCCC2)c1OC. The van der Waals surface area contributed by atoms with E-state index >= 15 is 0 Å². The van der Waals surface area contributed by atoms with Crippen LogP contribution in [0.15, 0.2) is 42.6 Å². The van der Waals surface area contributed by atoms with Crippen LogP contribution < -0.4 is 25.4 Å².